The highest BCUT2D eigenvalue weighted by Crippen LogP contribution is 2.29. The highest BCUT2D eigenvalue weighted by atomic mass is 35.7. The first-order chi connectivity index (χ1) is 8.47. The van der Waals surface area contributed by atoms with Crippen molar-refractivity contribution in [1.29, 1.82) is 0 Å². The number of nitrogens with zero attached hydrogens (tertiary/aromatic N) is 1. The van der Waals surface area contributed by atoms with E-state index in [0.29, 0.717) is 0 Å². The summed E-state index contributed by atoms with van der Waals surface area (Å²) in [6.45, 7) is 0. The molecule has 2 rings (SSSR count). The number of pyridine rings is 1. The van der Waals surface area contributed by atoms with Crippen molar-refractivity contribution in [3.05, 3.63) is 42.5 Å². The minimum Gasteiger partial charge on any atom is -0.504 e. The van der Waals surface area contributed by atoms with Crippen LogP contribution in [0.3, 0.4) is 0 Å². The van der Waals surface area contributed by atoms with Crippen LogP contribution in [0.1, 0.15) is 0 Å². The number of ether oxygens (including phenoxy) is 1. The van der Waals surface area contributed by atoms with E-state index in [1.54, 1.807) is 12.1 Å². The average Bonchev–Trinajstić information content (AvgIpc) is 2.31. The smallest absolute Gasteiger partial charge is 0.278 e. The lowest BCUT2D eigenvalue weighted by Gasteiger charge is -2.06. The number of halogens is 1. The van der Waals surface area contributed by atoms with Crippen LogP contribution in [-0.2, 0) is 9.05 Å². The second-order valence-electron chi connectivity index (χ2n) is 3.32. The molecule has 0 radical (unpaired) electrons. The van der Waals surface area contributed by atoms with Crippen LogP contribution in [-0.4, -0.2) is 18.5 Å². The highest BCUT2D eigenvalue weighted by Gasteiger charge is 2.13. The van der Waals surface area contributed by atoms with Gasteiger partial charge in [0.05, 0.1) is 0 Å². The van der Waals surface area contributed by atoms with Gasteiger partial charge in [0.25, 0.3) is 9.05 Å². The zero-order valence-electron chi connectivity index (χ0n) is 8.95. The maximum absolute atomic E-state index is 11.1. The molecule has 18 heavy (non-hydrogen) atoms. The molecule has 0 atom stereocenters. The Hall–Kier alpha value is -1.79. The van der Waals surface area contributed by atoms with E-state index in [1.165, 1.54) is 30.3 Å². The topological polar surface area (TPSA) is 76.5 Å². The van der Waals surface area contributed by atoms with E-state index in [-0.39, 0.29) is 22.4 Å². The van der Waals surface area contributed by atoms with Crippen LogP contribution in [0, 0.1) is 0 Å². The molecular weight excluding hydrogens is 278 g/mol. The Morgan fingerprint density at radius 1 is 1.11 bits per heavy atom. The molecule has 5 nitrogen and oxygen atoms in total. The van der Waals surface area contributed by atoms with Crippen LogP contribution >= 0.6 is 10.7 Å². The summed E-state index contributed by atoms with van der Waals surface area (Å²) < 4.78 is 27.5. The van der Waals surface area contributed by atoms with Gasteiger partial charge in [0, 0.05) is 16.7 Å². The van der Waals surface area contributed by atoms with Gasteiger partial charge in [0.15, 0.2) is 16.5 Å². The van der Waals surface area contributed by atoms with Crippen LogP contribution in [0.4, 0.5) is 0 Å². The van der Waals surface area contributed by atoms with Crippen molar-refractivity contribution in [2.24, 2.45) is 0 Å². The third-order valence-electron chi connectivity index (χ3n) is 2.03. The molecule has 94 valence electrons. The summed E-state index contributed by atoms with van der Waals surface area (Å²) in [6.07, 6.45) is 0. The highest BCUT2D eigenvalue weighted by molar-refractivity contribution is 8.13. The molecule has 2 aromatic rings. The van der Waals surface area contributed by atoms with Crippen LogP contribution in [0.15, 0.2) is 47.5 Å². The third kappa shape index (κ3) is 2.91. The SMILES string of the molecule is O=S(=O)(Cl)c1cccc(Oc2ccccc2O)n1. The fourth-order valence-corrected chi connectivity index (χ4v) is 1.94. The van der Waals surface area contributed by atoms with Gasteiger partial charge in [0.2, 0.25) is 5.88 Å². The minimum atomic E-state index is -3.91. The predicted octanol–water partition coefficient (Wildman–Crippen LogP) is 2.51. The summed E-state index contributed by atoms with van der Waals surface area (Å²) >= 11 is 0. The molecule has 0 aliphatic rings. The minimum absolute atomic E-state index is 0.0261. The van der Waals surface area contributed by atoms with Crippen LogP contribution in [0.25, 0.3) is 0 Å². The average molecular weight is 286 g/mol. The second-order valence-corrected chi connectivity index (χ2v) is 5.83. The van der Waals surface area contributed by atoms with E-state index in [9.17, 15) is 13.5 Å². The van der Waals surface area contributed by atoms with Crippen molar-refractivity contribution in [1.82, 2.24) is 4.98 Å². The molecule has 1 aromatic heterocycles. The quantitative estimate of drug-likeness (QED) is 0.877. The number of hydrogen-bond acceptors (Lipinski definition) is 5. The van der Waals surface area contributed by atoms with Gasteiger partial charge in [-0.15, -0.1) is 0 Å². The van der Waals surface area contributed by atoms with Gasteiger partial charge in [-0.2, -0.15) is 0 Å². The number of aromatic hydroxyl groups is 1. The van der Waals surface area contributed by atoms with Crippen molar-refractivity contribution in [3.8, 4) is 17.4 Å². The molecule has 0 bridgehead atoms. The van der Waals surface area contributed by atoms with Gasteiger partial charge in [-0.3, -0.25) is 0 Å². The van der Waals surface area contributed by atoms with Crippen LogP contribution < -0.4 is 4.74 Å². The summed E-state index contributed by atoms with van der Waals surface area (Å²) in [7, 11) is 1.26. The molecule has 0 amide bonds. The monoisotopic (exact) mass is 285 g/mol. The molecule has 1 aromatic carbocycles. The Labute approximate surface area is 108 Å². The van der Waals surface area contributed by atoms with E-state index >= 15 is 0 Å². The maximum atomic E-state index is 11.1. The Kier molecular flexibility index (Phi) is 3.40. The van der Waals surface area contributed by atoms with Gasteiger partial charge in [-0.1, -0.05) is 18.2 Å². The van der Waals surface area contributed by atoms with Crippen LogP contribution in [0.2, 0.25) is 0 Å². The lowest BCUT2D eigenvalue weighted by Crippen LogP contribution is -1.96. The molecular formula is C11H8ClNO4S. The van der Waals surface area contributed by atoms with E-state index in [4.69, 9.17) is 15.4 Å². The summed E-state index contributed by atoms with van der Waals surface area (Å²) in [5.41, 5.74) is 0. The number of aromatic nitrogens is 1. The van der Waals surface area contributed by atoms with E-state index in [2.05, 4.69) is 4.98 Å². The van der Waals surface area contributed by atoms with Gasteiger partial charge >= 0.3 is 0 Å². The zero-order chi connectivity index (χ0) is 13.2. The summed E-state index contributed by atoms with van der Waals surface area (Å²) in [5.74, 6) is 0.130. The van der Waals surface area contributed by atoms with Crippen molar-refractivity contribution in [2.75, 3.05) is 0 Å². The first-order valence-corrected chi connectivity index (χ1v) is 7.15. The molecule has 1 N–H and O–H groups in total. The lowest BCUT2D eigenvalue weighted by molar-refractivity contribution is 0.400. The fourth-order valence-electron chi connectivity index (χ4n) is 1.24. The predicted molar refractivity (Wildman–Crippen MR) is 65.5 cm³/mol. The first kappa shape index (κ1) is 12.7. The molecule has 0 saturated heterocycles. The maximum Gasteiger partial charge on any atom is 0.278 e. The number of phenolic OH excluding ortho intramolecular Hbond substituents is 1. The van der Waals surface area contributed by atoms with E-state index < -0.39 is 9.05 Å². The summed E-state index contributed by atoms with van der Waals surface area (Å²) in [6, 6.07) is 10.4. The van der Waals surface area contributed by atoms with Gasteiger partial charge in [0.1, 0.15) is 0 Å². The molecule has 0 aliphatic carbocycles. The standard InChI is InChI=1S/C11H8ClNO4S/c12-18(15,16)11-7-3-6-10(13-11)17-9-5-2-1-4-8(9)14/h1-7,14H. The zero-order valence-corrected chi connectivity index (χ0v) is 10.5. The largest absolute Gasteiger partial charge is 0.504 e. The Morgan fingerprint density at radius 2 is 1.83 bits per heavy atom. The number of phenols is 1. The number of para-hydroxylation sites is 2. The Balaban J connectivity index is 2.34. The molecule has 0 unspecified atom stereocenters. The van der Waals surface area contributed by atoms with Gasteiger partial charge < -0.3 is 9.84 Å². The second kappa shape index (κ2) is 4.83. The van der Waals surface area contributed by atoms with Crippen molar-refractivity contribution in [2.45, 2.75) is 5.03 Å². The molecule has 7 heteroatoms. The molecule has 0 spiro atoms. The fraction of sp³-hybridized carbons (Fsp3) is 0. The normalized spacial score (nSPS) is 11.2. The van der Waals surface area contributed by atoms with Crippen molar-refractivity contribution >= 4 is 19.7 Å². The van der Waals surface area contributed by atoms with Crippen molar-refractivity contribution < 1.29 is 18.3 Å². The molecule has 1 heterocycles. The van der Waals surface area contributed by atoms with Gasteiger partial charge in [-0.05, 0) is 18.2 Å². The first-order valence-electron chi connectivity index (χ1n) is 4.84. The summed E-state index contributed by atoms with van der Waals surface area (Å²) in [5, 5.41) is 9.20. The Morgan fingerprint density at radius 3 is 2.50 bits per heavy atom. The van der Waals surface area contributed by atoms with E-state index in [0.717, 1.165) is 0 Å². The molecule has 0 saturated carbocycles. The molecule has 0 aliphatic heterocycles. The summed E-state index contributed by atoms with van der Waals surface area (Å²) in [4.78, 5) is 3.73. The van der Waals surface area contributed by atoms with E-state index in [1.807, 2.05) is 0 Å². The van der Waals surface area contributed by atoms with Gasteiger partial charge in [-0.25, -0.2) is 13.4 Å². The number of hydrogen-bond donors (Lipinski definition) is 1. The van der Waals surface area contributed by atoms with Crippen LogP contribution in [0.5, 0.6) is 17.4 Å². The van der Waals surface area contributed by atoms with Crippen molar-refractivity contribution in [3.63, 3.8) is 0 Å². The number of rotatable bonds is 3. The lowest BCUT2D eigenvalue weighted by atomic mass is 10.3. The number of benzene rings is 1. The third-order valence-corrected chi connectivity index (χ3v) is 3.23. The Bertz CT molecular complexity index is 672. The molecule has 0 fully saturated rings.